The van der Waals surface area contributed by atoms with Crippen molar-refractivity contribution in [2.75, 3.05) is 35.5 Å². The largest absolute Gasteiger partial charge is 0.497 e. The molecule has 0 amide bonds. The summed E-state index contributed by atoms with van der Waals surface area (Å²) < 4.78 is 22.7. The lowest BCUT2D eigenvalue weighted by Crippen LogP contribution is -2.17. The molecule has 8 heteroatoms. The van der Waals surface area contributed by atoms with Gasteiger partial charge in [0, 0.05) is 11.1 Å². The van der Waals surface area contributed by atoms with Crippen LogP contribution in [0.3, 0.4) is 0 Å². The van der Waals surface area contributed by atoms with Crippen molar-refractivity contribution >= 4 is 5.78 Å². The standard InChI is InChI=1S/C22H24N2O6/c1-13-19(20(25)15-11-17(27-3)21(29-5)18(12-15)28-4)24(30-6)22(23-13)14-7-9-16(26-2)10-8-14/h7-12H,1-6H3. The number of carbonyl (C=O) groups is 1. The first kappa shape index (κ1) is 21.0. The smallest absolute Gasteiger partial charge is 0.215 e. The molecule has 0 saturated carbocycles. The van der Waals surface area contributed by atoms with E-state index in [1.54, 1.807) is 26.2 Å². The number of rotatable bonds is 8. The SMILES string of the molecule is COc1ccc(-c2nc(C)c(C(=O)c3cc(OC)c(OC)c(OC)c3)n2OC)cc1. The van der Waals surface area contributed by atoms with Gasteiger partial charge in [-0.25, -0.2) is 4.98 Å². The van der Waals surface area contributed by atoms with Gasteiger partial charge in [0.05, 0.1) is 34.1 Å². The maximum Gasteiger partial charge on any atom is 0.215 e. The molecular weight excluding hydrogens is 388 g/mol. The summed E-state index contributed by atoms with van der Waals surface area (Å²) in [5, 5.41) is 0. The van der Waals surface area contributed by atoms with Gasteiger partial charge in [-0.3, -0.25) is 4.79 Å². The number of aryl methyl sites for hydroxylation is 1. The Labute approximate surface area is 174 Å². The molecule has 0 fully saturated rings. The molecule has 3 rings (SSSR count). The van der Waals surface area contributed by atoms with Crippen LogP contribution in [0.25, 0.3) is 11.4 Å². The van der Waals surface area contributed by atoms with Crippen LogP contribution in [0.5, 0.6) is 23.0 Å². The topological polar surface area (TPSA) is 81.0 Å². The number of nitrogens with zero attached hydrogens (tertiary/aromatic N) is 2. The number of hydrogen-bond donors (Lipinski definition) is 0. The van der Waals surface area contributed by atoms with Gasteiger partial charge in [0.2, 0.25) is 11.5 Å². The van der Waals surface area contributed by atoms with E-state index in [1.807, 2.05) is 24.3 Å². The average Bonchev–Trinajstić information content (AvgIpc) is 3.13. The van der Waals surface area contributed by atoms with E-state index in [1.165, 1.54) is 33.2 Å². The molecule has 0 aliphatic carbocycles. The Hall–Kier alpha value is -3.68. The molecule has 0 radical (unpaired) electrons. The molecule has 0 saturated heterocycles. The van der Waals surface area contributed by atoms with E-state index in [0.717, 1.165) is 11.3 Å². The summed E-state index contributed by atoms with van der Waals surface area (Å²) in [6.07, 6.45) is 0. The van der Waals surface area contributed by atoms with Crippen LogP contribution in [-0.2, 0) is 0 Å². The Morgan fingerprint density at radius 2 is 1.47 bits per heavy atom. The monoisotopic (exact) mass is 412 g/mol. The number of carbonyl (C=O) groups excluding carboxylic acids is 1. The number of aromatic nitrogens is 2. The lowest BCUT2D eigenvalue weighted by atomic mass is 10.1. The van der Waals surface area contributed by atoms with Crippen LogP contribution < -0.4 is 23.8 Å². The van der Waals surface area contributed by atoms with Gasteiger partial charge >= 0.3 is 0 Å². The van der Waals surface area contributed by atoms with Crippen LogP contribution in [0.1, 0.15) is 21.7 Å². The summed E-state index contributed by atoms with van der Waals surface area (Å²) in [4.78, 5) is 23.5. The molecule has 158 valence electrons. The van der Waals surface area contributed by atoms with Crippen molar-refractivity contribution in [2.45, 2.75) is 6.92 Å². The van der Waals surface area contributed by atoms with Crippen LogP contribution >= 0.6 is 0 Å². The van der Waals surface area contributed by atoms with Gasteiger partial charge in [-0.05, 0) is 43.3 Å². The van der Waals surface area contributed by atoms with E-state index >= 15 is 0 Å². The fraction of sp³-hybridized carbons (Fsp3) is 0.273. The predicted molar refractivity (Wildman–Crippen MR) is 111 cm³/mol. The van der Waals surface area contributed by atoms with E-state index in [4.69, 9.17) is 23.8 Å². The number of imidazole rings is 1. The van der Waals surface area contributed by atoms with Gasteiger partial charge in [0.15, 0.2) is 23.0 Å². The summed E-state index contributed by atoms with van der Waals surface area (Å²) in [7, 11) is 7.59. The number of ether oxygens (including phenoxy) is 4. The maximum atomic E-state index is 13.4. The summed E-state index contributed by atoms with van der Waals surface area (Å²) in [5.74, 6) is 2.12. The van der Waals surface area contributed by atoms with Crippen LogP contribution in [-0.4, -0.2) is 51.0 Å². The van der Waals surface area contributed by atoms with E-state index in [-0.39, 0.29) is 5.78 Å². The molecule has 0 bridgehead atoms. The molecule has 0 aliphatic rings. The van der Waals surface area contributed by atoms with Crippen molar-refractivity contribution in [3.8, 4) is 34.4 Å². The Morgan fingerprint density at radius 1 is 0.867 bits per heavy atom. The quantitative estimate of drug-likeness (QED) is 0.526. The molecule has 0 atom stereocenters. The Kier molecular flexibility index (Phi) is 6.15. The van der Waals surface area contributed by atoms with Crippen molar-refractivity contribution in [3.05, 3.63) is 53.3 Å². The molecule has 1 aromatic heterocycles. The first-order valence-corrected chi connectivity index (χ1v) is 9.11. The fourth-order valence-corrected chi connectivity index (χ4v) is 3.22. The second-order valence-electron chi connectivity index (χ2n) is 6.32. The molecule has 0 aliphatic heterocycles. The zero-order valence-electron chi connectivity index (χ0n) is 17.8. The second kappa shape index (κ2) is 8.77. The summed E-state index contributed by atoms with van der Waals surface area (Å²) in [6.45, 7) is 1.76. The first-order chi connectivity index (χ1) is 14.5. The van der Waals surface area contributed by atoms with Crippen LogP contribution in [0.4, 0.5) is 0 Å². The van der Waals surface area contributed by atoms with Gasteiger partial charge in [0.1, 0.15) is 12.9 Å². The van der Waals surface area contributed by atoms with Gasteiger partial charge in [-0.2, -0.15) is 4.73 Å². The summed E-state index contributed by atoms with van der Waals surface area (Å²) >= 11 is 0. The molecule has 30 heavy (non-hydrogen) atoms. The van der Waals surface area contributed by atoms with Crippen molar-refractivity contribution in [1.82, 2.24) is 9.71 Å². The average molecular weight is 412 g/mol. The van der Waals surface area contributed by atoms with E-state index in [0.29, 0.717) is 40.0 Å². The Morgan fingerprint density at radius 3 is 1.93 bits per heavy atom. The molecular formula is C22H24N2O6. The highest BCUT2D eigenvalue weighted by Gasteiger charge is 2.26. The molecule has 3 aromatic rings. The van der Waals surface area contributed by atoms with Gasteiger partial charge in [0.25, 0.3) is 0 Å². The predicted octanol–water partition coefficient (Wildman–Crippen LogP) is 3.18. The molecule has 1 heterocycles. The van der Waals surface area contributed by atoms with Crippen molar-refractivity contribution in [3.63, 3.8) is 0 Å². The molecule has 0 unspecified atom stereocenters. The normalized spacial score (nSPS) is 10.5. The minimum atomic E-state index is -0.291. The molecule has 2 aromatic carbocycles. The fourth-order valence-electron chi connectivity index (χ4n) is 3.22. The maximum absolute atomic E-state index is 13.4. The van der Waals surface area contributed by atoms with Gasteiger partial charge < -0.3 is 23.8 Å². The highest BCUT2D eigenvalue weighted by atomic mass is 16.6. The molecule has 0 N–H and O–H groups in total. The molecule has 8 nitrogen and oxygen atoms in total. The van der Waals surface area contributed by atoms with Crippen LogP contribution in [0.15, 0.2) is 36.4 Å². The van der Waals surface area contributed by atoms with Crippen molar-refractivity contribution in [1.29, 1.82) is 0 Å². The highest BCUT2D eigenvalue weighted by Crippen LogP contribution is 2.39. The highest BCUT2D eigenvalue weighted by molar-refractivity contribution is 6.09. The zero-order chi connectivity index (χ0) is 21.8. The summed E-state index contributed by atoms with van der Waals surface area (Å²) in [5.41, 5.74) is 1.97. The lowest BCUT2D eigenvalue weighted by Gasteiger charge is -2.14. The van der Waals surface area contributed by atoms with Crippen molar-refractivity contribution < 1.29 is 28.6 Å². The summed E-state index contributed by atoms with van der Waals surface area (Å²) in [6, 6.07) is 10.5. The number of ketones is 1. The number of benzene rings is 2. The van der Waals surface area contributed by atoms with Gasteiger partial charge in [-0.15, -0.1) is 0 Å². The van der Waals surface area contributed by atoms with E-state index in [9.17, 15) is 4.79 Å². The Balaban J connectivity index is 2.12. The first-order valence-electron chi connectivity index (χ1n) is 9.11. The number of hydrogen-bond acceptors (Lipinski definition) is 7. The lowest BCUT2D eigenvalue weighted by molar-refractivity contribution is 0.0978. The van der Waals surface area contributed by atoms with Crippen LogP contribution in [0.2, 0.25) is 0 Å². The third-order valence-electron chi connectivity index (χ3n) is 4.68. The minimum Gasteiger partial charge on any atom is -0.497 e. The van der Waals surface area contributed by atoms with Gasteiger partial charge in [-0.1, -0.05) is 0 Å². The Bertz CT molecular complexity index is 1030. The van der Waals surface area contributed by atoms with Crippen LogP contribution in [0, 0.1) is 6.92 Å². The minimum absolute atomic E-state index is 0.291. The molecule has 0 spiro atoms. The third-order valence-corrected chi connectivity index (χ3v) is 4.68. The van der Waals surface area contributed by atoms with E-state index in [2.05, 4.69) is 4.98 Å². The second-order valence-corrected chi connectivity index (χ2v) is 6.32. The third kappa shape index (κ3) is 3.63. The van der Waals surface area contributed by atoms with E-state index < -0.39 is 0 Å². The zero-order valence-corrected chi connectivity index (χ0v) is 17.8. The van der Waals surface area contributed by atoms with Crippen molar-refractivity contribution in [2.24, 2.45) is 0 Å². The number of methoxy groups -OCH3 is 4.